The molecule has 0 aliphatic carbocycles. The number of hydrogen-bond acceptors (Lipinski definition) is 4. The maximum atomic E-state index is 11.6. The van der Waals surface area contributed by atoms with Crippen molar-refractivity contribution in [1.29, 1.82) is 0 Å². The lowest BCUT2D eigenvalue weighted by atomic mass is 10.1. The number of benzene rings is 1. The van der Waals surface area contributed by atoms with Crippen molar-refractivity contribution in [2.45, 2.75) is 38.5 Å². The molecule has 6 nitrogen and oxygen atoms in total. The number of nitrogens with one attached hydrogen (secondary N) is 2. The number of nitroso groups, excluding NO2 is 1. The van der Waals surface area contributed by atoms with Crippen LogP contribution in [0.15, 0.2) is 35.6 Å². The van der Waals surface area contributed by atoms with E-state index in [1.807, 2.05) is 35.8 Å². The van der Waals surface area contributed by atoms with Crippen LogP contribution in [0, 0.1) is 4.91 Å². The molecule has 108 valence electrons. The molecule has 0 aliphatic rings. The fourth-order valence-corrected chi connectivity index (χ4v) is 1.78. The second kappa shape index (κ2) is 9.66. The molecule has 0 saturated heterocycles. The summed E-state index contributed by atoms with van der Waals surface area (Å²) in [7, 11) is 0. The number of unbranched alkanes of at least 4 members (excludes halogenated alkanes) is 3. The molecule has 0 saturated carbocycles. The quantitative estimate of drug-likeness (QED) is 0.413. The minimum Gasteiger partial charge on any atom is -0.326 e. The number of nitrogens with zero attached hydrogens (tertiary/aromatic N) is 1. The summed E-state index contributed by atoms with van der Waals surface area (Å²) in [6.07, 6.45) is 3.97. The van der Waals surface area contributed by atoms with Crippen molar-refractivity contribution in [1.82, 2.24) is 5.43 Å². The molecule has 0 fully saturated rings. The molecule has 0 aliphatic heterocycles. The summed E-state index contributed by atoms with van der Waals surface area (Å²) in [5.41, 5.74) is 2.65. The number of para-hydroxylation sites is 1. The number of carbonyl (C=O) groups is 2. The van der Waals surface area contributed by atoms with Gasteiger partial charge in [-0.2, -0.15) is 0 Å². The highest BCUT2D eigenvalue weighted by Crippen LogP contribution is 2.09. The van der Waals surface area contributed by atoms with Crippen molar-refractivity contribution in [3.8, 4) is 0 Å². The predicted octanol–water partition coefficient (Wildman–Crippen LogP) is 2.76. The highest BCUT2D eigenvalue weighted by atomic mass is 16.3. The third kappa shape index (κ3) is 7.25. The molecule has 0 heterocycles. The SMILES string of the molecule is O=NNC(=O)CCCCCCC(=O)Nc1ccccc1. The molecule has 0 radical (unpaired) electrons. The summed E-state index contributed by atoms with van der Waals surface area (Å²) in [4.78, 5) is 32.3. The van der Waals surface area contributed by atoms with Crippen LogP contribution < -0.4 is 10.7 Å². The van der Waals surface area contributed by atoms with Gasteiger partial charge in [0.2, 0.25) is 11.8 Å². The standard InChI is InChI=1S/C14H19N3O3/c18-13(15-12-8-4-3-5-9-12)10-6-1-2-7-11-14(19)16-17-20/h3-5,8-9H,1-2,6-7,10-11H2,(H,15,18)(H,16,19,20). The molecule has 1 aromatic carbocycles. The minimum absolute atomic E-state index is 0.000835. The Kier molecular flexibility index (Phi) is 7.64. The summed E-state index contributed by atoms with van der Waals surface area (Å²) >= 11 is 0. The average molecular weight is 277 g/mol. The van der Waals surface area contributed by atoms with Crippen LogP contribution in [0.3, 0.4) is 0 Å². The van der Waals surface area contributed by atoms with E-state index in [0.29, 0.717) is 19.3 Å². The van der Waals surface area contributed by atoms with E-state index in [9.17, 15) is 14.5 Å². The Morgan fingerprint density at radius 1 is 0.900 bits per heavy atom. The van der Waals surface area contributed by atoms with Crippen molar-refractivity contribution in [2.24, 2.45) is 5.29 Å². The Morgan fingerprint density at radius 3 is 2.10 bits per heavy atom. The first kappa shape index (κ1) is 15.8. The maximum absolute atomic E-state index is 11.6. The largest absolute Gasteiger partial charge is 0.326 e. The Labute approximate surface area is 117 Å². The summed E-state index contributed by atoms with van der Waals surface area (Å²) < 4.78 is 0. The Morgan fingerprint density at radius 2 is 1.50 bits per heavy atom. The van der Waals surface area contributed by atoms with Crippen LogP contribution in [0.5, 0.6) is 0 Å². The normalized spacial score (nSPS) is 9.80. The second-order valence-electron chi connectivity index (χ2n) is 4.45. The minimum atomic E-state index is -0.359. The van der Waals surface area contributed by atoms with Crippen LogP contribution in [-0.4, -0.2) is 11.8 Å². The molecule has 0 aromatic heterocycles. The molecule has 0 bridgehead atoms. The lowest BCUT2D eigenvalue weighted by molar-refractivity contribution is -0.121. The number of rotatable bonds is 9. The van der Waals surface area contributed by atoms with Gasteiger partial charge in [-0.15, -0.1) is 4.91 Å². The van der Waals surface area contributed by atoms with Gasteiger partial charge in [0.05, 0.1) is 5.29 Å². The molecule has 20 heavy (non-hydrogen) atoms. The zero-order valence-electron chi connectivity index (χ0n) is 11.3. The third-order valence-corrected chi connectivity index (χ3v) is 2.79. The van der Waals surface area contributed by atoms with Crippen molar-refractivity contribution < 1.29 is 9.59 Å². The fraction of sp³-hybridized carbons (Fsp3) is 0.429. The monoisotopic (exact) mass is 277 g/mol. The molecule has 6 heteroatoms. The van der Waals surface area contributed by atoms with Gasteiger partial charge < -0.3 is 5.32 Å². The van der Waals surface area contributed by atoms with Gasteiger partial charge in [-0.05, 0) is 25.0 Å². The fourth-order valence-electron chi connectivity index (χ4n) is 1.78. The van der Waals surface area contributed by atoms with Gasteiger partial charge in [0.15, 0.2) is 0 Å². The summed E-state index contributed by atoms with van der Waals surface area (Å²) in [5, 5.41) is 5.13. The van der Waals surface area contributed by atoms with E-state index in [4.69, 9.17) is 0 Å². The van der Waals surface area contributed by atoms with E-state index in [1.165, 1.54) is 0 Å². The van der Waals surface area contributed by atoms with Crippen molar-refractivity contribution in [3.63, 3.8) is 0 Å². The molecule has 2 amide bonds. The molecule has 1 aromatic rings. The highest BCUT2D eigenvalue weighted by Gasteiger charge is 2.03. The van der Waals surface area contributed by atoms with Gasteiger partial charge in [-0.25, -0.2) is 5.43 Å². The number of amides is 2. The van der Waals surface area contributed by atoms with Gasteiger partial charge in [-0.1, -0.05) is 31.0 Å². The van der Waals surface area contributed by atoms with E-state index in [-0.39, 0.29) is 11.8 Å². The Hall–Kier alpha value is -2.24. The van der Waals surface area contributed by atoms with Crippen LogP contribution in [0.25, 0.3) is 0 Å². The average Bonchev–Trinajstić information content (AvgIpc) is 2.44. The molecule has 0 atom stereocenters. The number of anilines is 1. The van der Waals surface area contributed by atoms with E-state index in [1.54, 1.807) is 0 Å². The van der Waals surface area contributed by atoms with Gasteiger partial charge in [0.1, 0.15) is 0 Å². The van der Waals surface area contributed by atoms with Crippen molar-refractivity contribution in [2.75, 3.05) is 5.32 Å². The summed E-state index contributed by atoms with van der Waals surface area (Å²) in [5.74, 6) is -0.360. The number of carbonyl (C=O) groups excluding carboxylic acids is 2. The van der Waals surface area contributed by atoms with Gasteiger partial charge in [0.25, 0.3) is 0 Å². The highest BCUT2D eigenvalue weighted by molar-refractivity contribution is 5.90. The van der Waals surface area contributed by atoms with Crippen molar-refractivity contribution in [3.05, 3.63) is 35.2 Å². The molecule has 0 spiro atoms. The summed E-state index contributed by atoms with van der Waals surface area (Å²) in [6.45, 7) is 0. The molecule has 2 N–H and O–H groups in total. The van der Waals surface area contributed by atoms with Crippen LogP contribution in [0.4, 0.5) is 5.69 Å². The van der Waals surface area contributed by atoms with Gasteiger partial charge in [-0.3, -0.25) is 9.59 Å². The smallest absolute Gasteiger partial charge is 0.242 e. The van der Waals surface area contributed by atoms with Crippen LogP contribution in [-0.2, 0) is 9.59 Å². The molecule has 0 unspecified atom stereocenters. The molecular weight excluding hydrogens is 258 g/mol. The third-order valence-electron chi connectivity index (χ3n) is 2.79. The van der Waals surface area contributed by atoms with E-state index >= 15 is 0 Å². The maximum Gasteiger partial charge on any atom is 0.242 e. The van der Waals surface area contributed by atoms with Gasteiger partial charge in [0, 0.05) is 18.5 Å². The first-order valence-corrected chi connectivity index (χ1v) is 6.68. The van der Waals surface area contributed by atoms with Crippen molar-refractivity contribution >= 4 is 17.5 Å². The van der Waals surface area contributed by atoms with Gasteiger partial charge >= 0.3 is 0 Å². The molecule has 1 rings (SSSR count). The van der Waals surface area contributed by atoms with Crippen LogP contribution in [0.1, 0.15) is 38.5 Å². The van der Waals surface area contributed by atoms with E-state index in [2.05, 4.69) is 10.6 Å². The zero-order valence-corrected chi connectivity index (χ0v) is 11.3. The Balaban J connectivity index is 2.02. The predicted molar refractivity (Wildman–Crippen MR) is 76.7 cm³/mol. The van der Waals surface area contributed by atoms with E-state index in [0.717, 1.165) is 24.9 Å². The number of hydrogen-bond donors (Lipinski definition) is 2. The Bertz CT molecular complexity index is 435. The van der Waals surface area contributed by atoms with E-state index < -0.39 is 0 Å². The zero-order chi connectivity index (χ0) is 14.6. The van der Waals surface area contributed by atoms with Crippen LogP contribution in [0.2, 0.25) is 0 Å². The second-order valence-corrected chi connectivity index (χ2v) is 4.45. The lowest BCUT2D eigenvalue weighted by Gasteiger charge is -2.04. The first-order chi connectivity index (χ1) is 9.72. The summed E-state index contributed by atoms with van der Waals surface area (Å²) in [6, 6.07) is 9.32. The topological polar surface area (TPSA) is 87.6 Å². The van der Waals surface area contributed by atoms with Crippen LogP contribution >= 0.6 is 0 Å². The first-order valence-electron chi connectivity index (χ1n) is 6.68. The lowest BCUT2D eigenvalue weighted by Crippen LogP contribution is -2.15. The molecular formula is C14H19N3O3.